The SMILES string of the molecule is CCc1ccc(NC(=O)c2ccc(-n3cnnc3)cc2Cl)cc1. The number of anilines is 1. The molecule has 0 saturated heterocycles. The monoisotopic (exact) mass is 326 g/mol. The second kappa shape index (κ2) is 6.62. The zero-order chi connectivity index (χ0) is 16.2. The van der Waals surface area contributed by atoms with Crippen molar-refractivity contribution in [2.45, 2.75) is 13.3 Å². The van der Waals surface area contributed by atoms with Gasteiger partial charge in [0.05, 0.1) is 10.6 Å². The van der Waals surface area contributed by atoms with E-state index >= 15 is 0 Å². The van der Waals surface area contributed by atoms with Gasteiger partial charge in [0.25, 0.3) is 5.91 Å². The summed E-state index contributed by atoms with van der Waals surface area (Å²) in [6.45, 7) is 2.09. The van der Waals surface area contributed by atoms with E-state index < -0.39 is 0 Å². The van der Waals surface area contributed by atoms with Crippen LogP contribution in [0.25, 0.3) is 5.69 Å². The highest BCUT2D eigenvalue weighted by atomic mass is 35.5. The van der Waals surface area contributed by atoms with Crippen LogP contribution in [0.5, 0.6) is 0 Å². The van der Waals surface area contributed by atoms with Gasteiger partial charge in [-0.1, -0.05) is 30.7 Å². The van der Waals surface area contributed by atoms with E-state index in [0.29, 0.717) is 10.6 Å². The van der Waals surface area contributed by atoms with Gasteiger partial charge >= 0.3 is 0 Å². The average Bonchev–Trinajstić information content (AvgIpc) is 3.10. The average molecular weight is 327 g/mol. The molecule has 23 heavy (non-hydrogen) atoms. The molecule has 116 valence electrons. The quantitative estimate of drug-likeness (QED) is 0.794. The first-order valence-electron chi connectivity index (χ1n) is 7.22. The minimum absolute atomic E-state index is 0.241. The molecular formula is C17H15ClN4O. The van der Waals surface area contributed by atoms with Crippen molar-refractivity contribution in [1.82, 2.24) is 14.8 Å². The van der Waals surface area contributed by atoms with Gasteiger partial charge in [-0.05, 0) is 42.3 Å². The number of benzene rings is 2. The summed E-state index contributed by atoms with van der Waals surface area (Å²) in [5.74, 6) is -0.241. The van der Waals surface area contributed by atoms with Crippen LogP contribution in [0.15, 0.2) is 55.1 Å². The van der Waals surface area contributed by atoms with Crippen LogP contribution in [0.2, 0.25) is 5.02 Å². The number of aromatic nitrogens is 3. The summed E-state index contributed by atoms with van der Waals surface area (Å²) < 4.78 is 1.72. The van der Waals surface area contributed by atoms with Crippen molar-refractivity contribution in [1.29, 1.82) is 0 Å². The van der Waals surface area contributed by atoms with Gasteiger partial charge in [-0.15, -0.1) is 10.2 Å². The number of amides is 1. The summed E-state index contributed by atoms with van der Waals surface area (Å²) >= 11 is 6.24. The Hall–Kier alpha value is -2.66. The highest BCUT2D eigenvalue weighted by molar-refractivity contribution is 6.34. The third-order valence-corrected chi connectivity index (χ3v) is 3.85. The molecule has 5 nitrogen and oxygen atoms in total. The van der Waals surface area contributed by atoms with Gasteiger partial charge in [-0.3, -0.25) is 9.36 Å². The van der Waals surface area contributed by atoms with Crippen molar-refractivity contribution >= 4 is 23.2 Å². The molecule has 1 aromatic heterocycles. The highest BCUT2D eigenvalue weighted by Crippen LogP contribution is 2.21. The first kappa shape index (κ1) is 15.2. The fourth-order valence-electron chi connectivity index (χ4n) is 2.21. The Morgan fingerprint density at radius 3 is 2.43 bits per heavy atom. The topological polar surface area (TPSA) is 59.8 Å². The molecule has 0 unspecified atom stereocenters. The molecule has 6 heteroatoms. The molecule has 2 aromatic carbocycles. The largest absolute Gasteiger partial charge is 0.322 e. The number of hydrogen-bond acceptors (Lipinski definition) is 3. The fourth-order valence-corrected chi connectivity index (χ4v) is 2.47. The van der Waals surface area contributed by atoms with Crippen molar-refractivity contribution in [2.24, 2.45) is 0 Å². The van der Waals surface area contributed by atoms with Crippen molar-refractivity contribution in [2.75, 3.05) is 5.32 Å². The molecule has 0 atom stereocenters. The minimum atomic E-state index is -0.241. The van der Waals surface area contributed by atoms with Crippen LogP contribution in [0.3, 0.4) is 0 Å². The second-order valence-electron chi connectivity index (χ2n) is 5.04. The first-order chi connectivity index (χ1) is 11.2. The normalized spacial score (nSPS) is 10.5. The Bertz CT molecular complexity index is 813. The Morgan fingerprint density at radius 1 is 1.13 bits per heavy atom. The molecule has 0 fully saturated rings. The molecule has 0 bridgehead atoms. The molecule has 3 rings (SSSR count). The predicted molar refractivity (Wildman–Crippen MR) is 90.1 cm³/mol. The van der Waals surface area contributed by atoms with E-state index in [1.54, 1.807) is 35.4 Å². The van der Waals surface area contributed by atoms with Crippen LogP contribution in [-0.4, -0.2) is 20.7 Å². The summed E-state index contributed by atoms with van der Waals surface area (Å²) in [5.41, 5.74) is 3.18. The summed E-state index contributed by atoms with van der Waals surface area (Å²) in [6.07, 6.45) is 4.10. The maximum atomic E-state index is 12.4. The van der Waals surface area contributed by atoms with Gasteiger partial charge < -0.3 is 5.32 Å². The molecule has 3 aromatic rings. The number of nitrogens with zero attached hydrogens (tertiary/aromatic N) is 3. The fraction of sp³-hybridized carbons (Fsp3) is 0.118. The van der Waals surface area contributed by atoms with E-state index in [1.165, 1.54) is 5.56 Å². The van der Waals surface area contributed by atoms with Crippen LogP contribution < -0.4 is 5.32 Å². The molecule has 0 spiro atoms. The lowest BCUT2D eigenvalue weighted by Crippen LogP contribution is -2.12. The van der Waals surface area contributed by atoms with Gasteiger partial charge in [0.2, 0.25) is 0 Å². The highest BCUT2D eigenvalue weighted by Gasteiger charge is 2.12. The summed E-state index contributed by atoms with van der Waals surface area (Å²) in [7, 11) is 0. The molecule has 0 saturated carbocycles. The van der Waals surface area contributed by atoms with Gasteiger partial charge in [0.1, 0.15) is 12.7 Å². The number of carbonyl (C=O) groups is 1. The molecule has 1 amide bonds. The van der Waals surface area contributed by atoms with Crippen LogP contribution in [0.4, 0.5) is 5.69 Å². The lowest BCUT2D eigenvalue weighted by atomic mass is 10.1. The summed E-state index contributed by atoms with van der Waals surface area (Å²) in [5, 5.41) is 10.7. The van der Waals surface area contributed by atoms with Gasteiger partial charge in [-0.2, -0.15) is 0 Å². The van der Waals surface area contributed by atoms with E-state index in [-0.39, 0.29) is 5.91 Å². The molecular weight excluding hydrogens is 312 g/mol. The number of aryl methyl sites for hydroxylation is 1. The molecule has 1 heterocycles. The molecule has 0 aliphatic carbocycles. The zero-order valence-electron chi connectivity index (χ0n) is 12.5. The van der Waals surface area contributed by atoms with E-state index in [9.17, 15) is 4.79 Å². The summed E-state index contributed by atoms with van der Waals surface area (Å²) in [4.78, 5) is 12.4. The Morgan fingerprint density at radius 2 is 1.83 bits per heavy atom. The molecule has 0 aliphatic heterocycles. The molecule has 0 radical (unpaired) electrons. The Balaban J connectivity index is 1.79. The number of carbonyl (C=O) groups excluding carboxylic acids is 1. The van der Waals surface area contributed by atoms with Crippen molar-refractivity contribution in [3.63, 3.8) is 0 Å². The van der Waals surface area contributed by atoms with Gasteiger partial charge in [0, 0.05) is 11.4 Å². The maximum absolute atomic E-state index is 12.4. The second-order valence-corrected chi connectivity index (χ2v) is 5.45. The van der Waals surface area contributed by atoms with Crippen molar-refractivity contribution < 1.29 is 4.79 Å². The van der Waals surface area contributed by atoms with Crippen LogP contribution >= 0.6 is 11.6 Å². The number of halogens is 1. The third kappa shape index (κ3) is 3.40. The molecule has 1 N–H and O–H groups in total. The number of nitrogens with one attached hydrogen (secondary N) is 1. The third-order valence-electron chi connectivity index (χ3n) is 3.53. The first-order valence-corrected chi connectivity index (χ1v) is 7.60. The van der Waals surface area contributed by atoms with Crippen molar-refractivity contribution in [3.05, 3.63) is 71.3 Å². The van der Waals surface area contributed by atoms with E-state index in [2.05, 4.69) is 22.4 Å². The van der Waals surface area contributed by atoms with Crippen LogP contribution in [0.1, 0.15) is 22.8 Å². The Labute approximate surface area is 138 Å². The minimum Gasteiger partial charge on any atom is -0.322 e. The lowest BCUT2D eigenvalue weighted by molar-refractivity contribution is 0.102. The number of rotatable bonds is 4. The standard InChI is InChI=1S/C17H15ClN4O/c1-2-12-3-5-13(6-4-12)21-17(23)15-8-7-14(9-16(15)18)22-10-19-20-11-22/h3-11H,2H2,1H3,(H,21,23). The van der Waals surface area contributed by atoms with E-state index in [4.69, 9.17) is 11.6 Å². The smallest absolute Gasteiger partial charge is 0.257 e. The van der Waals surface area contributed by atoms with Gasteiger partial charge in [-0.25, -0.2) is 0 Å². The van der Waals surface area contributed by atoms with Crippen LogP contribution in [-0.2, 0) is 6.42 Å². The van der Waals surface area contributed by atoms with Crippen LogP contribution in [0, 0.1) is 0 Å². The lowest BCUT2D eigenvalue weighted by Gasteiger charge is -2.09. The summed E-state index contributed by atoms with van der Waals surface area (Å²) in [6, 6.07) is 12.9. The zero-order valence-corrected chi connectivity index (χ0v) is 13.3. The predicted octanol–water partition coefficient (Wildman–Crippen LogP) is 3.74. The van der Waals surface area contributed by atoms with Crippen molar-refractivity contribution in [3.8, 4) is 5.69 Å². The number of hydrogen-bond donors (Lipinski definition) is 1. The molecule has 0 aliphatic rings. The Kier molecular flexibility index (Phi) is 4.39. The van der Waals surface area contributed by atoms with Gasteiger partial charge in [0.15, 0.2) is 0 Å². The maximum Gasteiger partial charge on any atom is 0.257 e. The van der Waals surface area contributed by atoms with E-state index in [1.807, 2.05) is 24.3 Å². The van der Waals surface area contributed by atoms with E-state index in [0.717, 1.165) is 17.8 Å².